The number of esters is 1. The van der Waals surface area contributed by atoms with Crippen molar-refractivity contribution in [3.05, 3.63) is 41.2 Å². The molecule has 3 rings (SSSR count). The maximum Gasteiger partial charge on any atom is 0.358 e. The van der Waals surface area contributed by atoms with Crippen LogP contribution in [0.1, 0.15) is 80.9 Å². The fourth-order valence-electron chi connectivity index (χ4n) is 3.04. The second kappa shape index (κ2) is 8.99. The predicted molar refractivity (Wildman–Crippen MR) is 111 cm³/mol. The molecular formula is C21H31N5O2. The van der Waals surface area contributed by atoms with E-state index in [1.54, 1.807) is 11.7 Å². The van der Waals surface area contributed by atoms with Crippen LogP contribution in [0.15, 0.2) is 18.5 Å². The Morgan fingerprint density at radius 2 is 1.82 bits per heavy atom. The molecule has 0 saturated heterocycles. The Morgan fingerprint density at radius 3 is 2.39 bits per heavy atom. The number of hydrogen-bond acceptors (Lipinski definition) is 5. The van der Waals surface area contributed by atoms with Crippen LogP contribution < -0.4 is 0 Å². The molecule has 0 saturated carbocycles. The summed E-state index contributed by atoms with van der Waals surface area (Å²) >= 11 is 0. The van der Waals surface area contributed by atoms with Gasteiger partial charge < -0.3 is 9.30 Å². The summed E-state index contributed by atoms with van der Waals surface area (Å²) in [5.41, 5.74) is 3.07. The molecule has 28 heavy (non-hydrogen) atoms. The zero-order chi connectivity index (χ0) is 21.0. The summed E-state index contributed by atoms with van der Waals surface area (Å²) in [5, 5.41) is 5.28. The first kappa shape index (κ1) is 21.6. The second-order valence-corrected chi connectivity index (χ2v) is 7.13. The van der Waals surface area contributed by atoms with Crippen LogP contribution in [0, 0.1) is 0 Å². The van der Waals surface area contributed by atoms with Gasteiger partial charge in [-0.05, 0) is 12.0 Å². The maximum absolute atomic E-state index is 12.0. The molecule has 0 aliphatic rings. The highest BCUT2D eigenvalue weighted by Crippen LogP contribution is 2.26. The van der Waals surface area contributed by atoms with E-state index >= 15 is 0 Å². The number of methoxy groups -OCH3 is 1. The third kappa shape index (κ3) is 4.24. The topological polar surface area (TPSA) is 74.8 Å². The summed E-state index contributed by atoms with van der Waals surface area (Å²) in [6.45, 7) is 13.0. The van der Waals surface area contributed by atoms with E-state index in [1.165, 1.54) is 7.11 Å². The van der Waals surface area contributed by atoms with Gasteiger partial charge in [0.05, 0.1) is 19.3 Å². The lowest BCUT2D eigenvalue weighted by molar-refractivity contribution is 0.0592. The normalized spacial score (nSPS) is 11.1. The molecule has 152 valence electrons. The molecule has 0 aromatic carbocycles. The van der Waals surface area contributed by atoms with Crippen LogP contribution in [0.3, 0.4) is 0 Å². The molecule has 0 radical (unpaired) electrons. The molecule has 0 amide bonds. The van der Waals surface area contributed by atoms with E-state index in [9.17, 15) is 4.79 Å². The number of rotatable bonds is 5. The van der Waals surface area contributed by atoms with Gasteiger partial charge in [-0.1, -0.05) is 41.5 Å². The van der Waals surface area contributed by atoms with E-state index in [4.69, 9.17) is 14.7 Å². The number of ether oxygens (including phenoxy) is 1. The summed E-state index contributed by atoms with van der Waals surface area (Å²) in [6, 6.07) is 2.04. The van der Waals surface area contributed by atoms with Crippen molar-refractivity contribution in [2.75, 3.05) is 7.11 Å². The average molecular weight is 386 g/mol. The molecule has 0 aliphatic carbocycles. The third-order valence-corrected chi connectivity index (χ3v) is 4.35. The Labute approximate surface area is 166 Å². The Morgan fingerprint density at radius 1 is 1.14 bits per heavy atom. The maximum atomic E-state index is 12.0. The minimum Gasteiger partial charge on any atom is -0.464 e. The average Bonchev–Trinajstić information content (AvgIpc) is 3.25. The Bertz CT molecular complexity index is 953. The zero-order valence-electron chi connectivity index (χ0n) is 18.1. The molecular weight excluding hydrogens is 354 g/mol. The molecule has 0 unspecified atom stereocenters. The highest BCUT2D eigenvalue weighted by Gasteiger charge is 2.20. The van der Waals surface area contributed by atoms with Crippen LogP contribution in [0.5, 0.6) is 0 Å². The number of carbonyl (C=O) groups is 1. The summed E-state index contributed by atoms with van der Waals surface area (Å²) < 4.78 is 8.51. The van der Waals surface area contributed by atoms with Gasteiger partial charge in [-0.25, -0.2) is 14.8 Å². The highest BCUT2D eigenvalue weighted by molar-refractivity contribution is 5.88. The molecule has 0 fully saturated rings. The van der Waals surface area contributed by atoms with E-state index in [-0.39, 0.29) is 5.92 Å². The molecule has 7 heteroatoms. The van der Waals surface area contributed by atoms with Crippen molar-refractivity contribution in [3.63, 3.8) is 0 Å². The molecule has 0 bridgehead atoms. The largest absolute Gasteiger partial charge is 0.464 e. The smallest absolute Gasteiger partial charge is 0.358 e. The molecule has 0 atom stereocenters. The fraction of sp³-hybridized carbons (Fsp3) is 0.524. The van der Waals surface area contributed by atoms with Crippen molar-refractivity contribution >= 4 is 17.0 Å². The van der Waals surface area contributed by atoms with Gasteiger partial charge in [-0.2, -0.15) is 5.10 Å². The summed E-state index contributed by atoms with van der Waals surface area (Å²) in [7, 11) is 3.16. The van der Waals surface area contributed by atoms with Crippen molar-refractivity contribution in [1.29, 1.82) is 0 Å². The first-order chi connectivity index (χ1) is 13.3. The molecule has 0 N–H and O–H groups in total. The summed E-state index contributed by atoms with van der Waals surface area (Å²) in [4.78, 5) is 21.5. The van der Waals surface area contributed by atoms with Crippen molar-refractivity contribution in [2.45, 2.75) is 59.9 Å². The summed E-state index contributed by atoms with van der Waals surface area (Å²) in [6.07, 6.45) is 3.83. The molecule has 3 aromatic heterocycles. The molecule has 7 nitrogen and oxygen atoms in total. The van der Waals surface area contributed by atoms with E-state index in [0.29, 0.717) is 18.2 Å². The Balaban J connectivity index is 0.00000136. The van der Waals surface area contributed by atoms with Crippen LogP contribution in [0.4, 0.5) is 0 Å². The van der Waals surface area contributed by atoms with Crippen LogP contribution in [-0.2, 0) is 18.3 Å². The number of aromatic nitrogens is 5. The number of fused-ring (bicyclic) bond motifs is 1. The minimum absolute atomic E-state index is 0.240. The quantitative estimate of drug-likeness (QED) is 0.613. The lowest BCUT2D eigenvalue weighted by Crippen LogP contribution is -2.10. The van der Waals surface area contributed by atoms with Crippen LogP contribution in [0.25, 0.3) is 11.0 Å². The molecule has 3 aromatic rings. The monoisotopic (exact) mass is 385 g/mol. The highest BCUT2D eigenvalue weighted by atomic mass is 16.5. The lowest BCUT2D eigenvalue weighted by Gasteiger charge is -2.12. The molecule has 0 aliphatic heterocycles. The van der Waals surface area contributed by atoms with Gasteiger partial charge in [-0.15, -0.1) is 0 Å². The number of hydrogen-bond donors (Lipinski definition) is 0. The van der Waals surface area contributed by atoms with Crippen LogP contribution in [0.2, 0.25) is 0 Å². The van der Waals surface area contributed by atoms with Crippen molar-refractivity contribution in [2.24, 2.45) is 7.05 Å². The standard InChI is InChI=1S/C19H25N5O2.C2H6/c1-11(2)15-14-7-8-24(18(14)21-17(20-15)12(3)4)10-13-9-23(5)22-16(13)19(25)26-6;1-2/h7-9,11-12H,10H2,1-6H3;1-2H3. The number of carbonyl (C=O) groups excluding carboxylic acids is 1. The van der Waals surface area contributed by atoms with Gasteiger partial charge in [0.2, 0.25) is 0 Å². The van der Waals surface area contributed by atoms with E-state index in [2.05, 4.69) is 32.8 Å². The van der Waals surface area contributed by atoms with E-state index in [0.717, 1.165) is 28.1 Å². The Kier molecular flexibility index (Phi) is 6.94. The molecule has 3 heterocycles. The van der Waals surface area contributed by atoms with Gasteiger partial charge in [0.25, 0.3) is 0 Å². The zero-order valence-corrected chi connectivity index (χ0v) is 18.1. The lowest BCUT2D eigenvalue weighted by atomic mass is 10.1. The fourth-order valence-corrected chi connectivity index (χ4v) is 3.04. The van der Waals surface area contributed by atoms with Crippen molar-refractivity contribution < 1.29 is 9.53 Å². The number of nitrogens with zero attached hydrogens (tertiary/aromatic N) is 5. The van der Waals surface area contributed by atoms with Crippen molar-refractivity contribution in [3.8, 4) is 0 Å². The SMILES string of the molecule is CC.COC(=O)c1nn(C)cc1Cn1ccc2c(C(C)C)nc(C(C)C)nc21. The van der Waals surface area contributed by atoms with Crippen molar-refractivity contribution in [1.82, 2.24) is 24.3 Å². The van der Waals surface area contributed by atoms with E-state index in [1.807, 2.05) is 36.9 Å². The number of aryl methyl sites for hydroxylation is 1. The third-order valence-electron chi connectivity index (χ3n) is 4.35. The first-order valence-electron chi connectivity index (χ1n) is 9.79. The second-order valence-electron chi connectivity index (χ2n) is 7.13. The molecule has 0 spiro atoms. The van der Waals surface area contributed by atoms with Crippen LogP contribution >= 0.6 is 0 Å². The van der Waals surface area contributed by atoms with Gasteiger partial charge >= 0.3 is 5.97 Å². The van der Waals surface area contributed by atoms with Crippen LogP contribution in [-0.4, -0.2) is 37.4 Å². The predicted octanol–water partition coefficient (Wildman–Crippen LogP) is 4.27. The van der Waals surface area contributed by atoms with Gasteiger partial charge in [0.1, 0.15) is 11.5 Å². The van der Waals surface area contributed by atoms with Gasteiger partial charge in [-0.3, -0.25) is 4.68 Å². The van der Waals surface area contributed by atoms with E-state index < -0.39 is 5.97 Å². The minimum atomic E-state index is -0.433. The summed E-state index contributed by atoms with van der Waals surface area (Å²) in [5.74, 6) is 0.945. The van der Waals surface area contributed by atoms with Gasteiger partial charge in [0, 0.05) is 36.3 Å². The van der Waals surface area contributed by atoms with Gasteiger partial charge in [0.15, 0.2) is 5.69 Å². The first-order valence-corrected chi connectivity index (χ1v) is 9.79. The Hall–Kier alpha value is -2.70.